The van der Waals surface area contributed by atoms with Crippen molar-refractivity contribution in [2.75, 3.05) is 5.32 Å². The van der Waals surface area contributed by atoms with E-state index in [0.29, 0.717) is 4.52 Å². The molecule has 23 heavy (non-hydrogen) atoms. The van der Waals surface area contributed by atoms with Crippen LogP contribution in [0.1, 0.15) is 24.4 Å². The minimum absolute atomic E-state index is 0.00249. The summed E-state index contributed by atoms with van der Waals surface area (Å²) in [6, 6.07) is 8.42. The zero-order valence-electron chi connectivity index (χ0n) is 11.8. The second-order valence-corrected chi connectivity index (χ2v) is 4.93. The number of nitrogens with zero attached hydrogens (tertiary/aromatic N) is 4. The number of fused-ring (bicyclic) bond motifs is 1. The molecule has 0 saturated heterocycles. The Bertz CT molecular complexity index is 825. The highest BCUT2D eigenvalue weighted by molar-refractivity contribution is 5.45. The van der Waals surface area contributed by atoms with Crippen LogP contribution in [-0.4, -0.2) is 19.8 Å². The smallest absolute Gasteiger partial charge is 0.362 e. The molecule has 0 unspecified atom stereocenters. The van der Waals surface area contributed by atoms with Gasteiger partial charge in [0.25, 0.3) is 5.82 Å². The first-order valence-corrected chi connectivity index (χ1v) is 6.66. The zero-order valence-corrected chi connectivity index (χ0v) is 11.8. The van der Waals surface area contributed by atoms with Crippen LogP contribution in [0.25, 0.3) is 5.65 Å². The van der Waals surface area contributed by atoms with Gasteiger partial charge in [0, 0.05) is 0 Å². The predicted octanol–water partition coefficient (Wildman–Crippen LogP) is 3.46. The molecule has 2 aromatic heterocycles. The van der Waals surface area contributed by atoms with Crippen LogP contribution >= 0.6 is 0 Å². The summed E-state index contributed by atoms with van der Waals surface area (Å²) >= 11 is 0. The molecular weight excluding hydrogens is 314 g/mol. The van der Waals surface area contributed by atoms with E-state index in [1.54, 1.807) is 19.1 Å². The predicted molar refractivity (Wildman–Crippen MR) is 74.2 cm³/mol. The van der Waals surface area contributed by atoms with E-state index in [4.69, 9.17) is 0 Å². The highest BCUT2D eigenvalue weighted by atomic mass is 19.4. The van der Waals surface area contributed by atoms with Gasteiger partial charge in [-0.15, -0.1) is 15.3 Å². The normalized spacial score (nSPS) is 13.3. The Morgan fingerprint density at radius 1 is 1.04 bits per heavy atom. The van der Waals surface area contributed by atoms with Crippen LogP contribution in [0.15, 0.2) is 36.4 Å². The molecule has 0 aliphatic heterocycles. The third kappa shape index (κ3) is 3.08. The lowest BCUT2D eigenvalue weighted by molar-refractivity contribution is -0.146. The van der Waals surface area contributed by atoms with Crippen LogP contribution in [0.3, 0.4) is 0 Å². The fourth-order valence-electron chi connectivity index (χ4n) is 2.10. The monoisotopic (exact) mass is 325 g/mol. The topological polar surface area (TPSA) is 55.1 Å². The van der Waals surface area contributed by atoms with Gasteiger partial charge in [-0.3, -0.25) is 0 Å². The minimum Gasteiger partial charge on any atom is -0.362 e. The number of nitrogens with one attached hydrogen (secondary N) is 1. The molecule has 0 aliphatic rings. The Balaban J connectivity index is 1.89. The van der Waals surface area contributed by atoms with Crippen molar-refractivity contribution in [1.29, 1.82) is 0 Å². The van der Waals surface area contributed by atoms with Gasteiger partial charge in [0.1, 0.15) is 11.6 Å². The van der Waals surface area contributed by atoms with Crippen LogP contribution in [-0.2, 0) is 6.18 Å². The molecule has 0 fully saturated rings. The number of hydrogen-bond acceptors (Lipinski definition) is 4. The van der Waals surface area contributed by atoms with Gasteiger partial charge < -0.3 is 5.32 Å². The molecule has 0 aliphatic carbocycles. The average Bonchev–Trinajstić information content (AvgIpc) is 2.91. The van der Waals surface area contributed by atoms with Gasteiger partial charge >= 0.3 is 6.18 Å². The molecule has 0 saturated carbocycles. The van der Waals surface area contributed by atoms with E-state index >= 15 is 0 Å². The SMILES string of the molecule is C[C@@H](Nc1ccc2nnc(C(F)(F)F)n2n1)c1ccc(F)cc1. The quantitative estimate of drug-likeness (QED) is 0.749. The van der Waals surface area contributed by atoms with E-state index in [2.05, 4.69) is 20.6 Å². The van der Waals surface area contributed by atoms with Crippen molar-refractivity contribution in [2.45, 2.75) is 19.1 Å². The Labute approximate surface area is 128 Å². The molecule has 1 N–H and O–H groups in total. The molecule has 0 spiro atoms. The lowest BCUT2D eigenvalue weighted by atomic mass is 10.1. The third-order valence-corrected chi connectivity index (χ3v) is 3.25. The summed E-state index contributed by atoms with van der Waals surface area (Å²) in [7, 11) is 0. The number of rotatable bonds is 3. The number of hydrogen-bond donors (Lipinski definition) is 1. The molecule has 9 heteroatoms. The third-order valence-electron chi connectivity index (χ3n) is 3.25. The maximum Gasteiger partial charge on any atom is 0.453 e. The molecule has 3 aromatic rings. The van der Waals surface area contributed by atoms with Gasteiger partial charge in [0.05, 0.1) is 6.04 Å². The van der Waals surface area contributed by atoms with Crippen LogP contribution in [0.4, 0.5) is 23.4 Å². The first kappa shape index (κ1) is 15.2. The largest absolute Gasteiger partial charge is 0.453 e. The molecule has 0 radical (unpaired) electrons. The number of aromatic nitrogens is 4. The highest BCUT2D eigenvalue weighted by Crippen LogP contribution is 2.28. The highest BCUT2D eigenvalue weighted by Gasteiger charge is 2.37. The van der Waals surface area contributed by atoms with E-state index in [9.17, 15) is 17.6 Å². The molecule has 5 nitrogen and oxygen atoms in total. The maximum absolute atomic E-state index is 12.9. The van der Waals surface area contributed by atoms with Crippen LogP contribution in [0, 0.1) is 5.82 Å². The van der Waals surface area contributed by atoms with E-state index in [1.807, 2.05) is 0 Å². The lowest BCUT2D eigenvalue weighted by Gasteiger charge is -2.15. The van der Waals surface area contributed by atoms with Crippen molar-refractivity contribution in [1.82, 2.24) is 19.8 Å². The molecule has 1 atom stereocenters. The van der Waals surface area contributed by atoms with Crippen molar-refractivity contribution >= 4 is 11.5 Å². The van der Waals surface area contributed by atoms with Gasteiger partial charge in [-0.1, -0.05) is 12.1 Å². The summed E-state index contributed by atoms with van der Waals surface area (Å²) in [4.78, 5) is 0. The Morgan fingerprint density at radius 2 is 1.74 bits per heavy atom. The Kier molecular flexibility index (Phi) is 3.63. The number of benzene rings is 1. The average molecular weight is 325 g/mol. The van der Waals surface area contributed by atoms with Crippen molar-refractivity contribution < 1.29 is 17.6 Å². The van der Waals surface area contributed by atoms with Crippen LogP contribution in [0.5, 0.6) is 0 Å². The summed E-state index contributed by atoms with van der Waals surface area (Å²) in [5.74, 6) is -1.33. The van der Waals surface area contributed by atoms with Crippen molar-refractivity contribution in [3.63, 3.8) is 0 Å². The summed E-state index contributed by atoms with van der Waals surface area (Å²) < 4.78 is 52.0. The molecule has 1 aromatic carbocycles. The summed E-state index contributed by atoms with van der Waals surface area (Å²) in [5, 5.41) is 13.4. The van der Waals surface area contributed by atoms with Gasteiger partial charge in [0.2, 0.25) is 0 Å². The van der Waals surface area contributed by atoms with Gasteiger partial charge in [-0.2, -0.15) is 17.7 Å². The van der Waals surface area contributed by atoms with Crippen LogP contribution in [0.2, 0.25) is 0 Å². The second-order valence-electron chi connectivity index (χ2n) is 4.93. The minimum atomic E-state index is -4.65. The molecule has 0 bridgehead atoms. The fraction of sp³-hybridized carbons (Fsp3) is 0.214. The van der Waals surface area contributed by atoms with Crippen molar-refractivity contribution in [3.05, 3.63) is 53.6 Å². The molecule has 3 rings (SSSR count). The van der Waals surface area contributed by atoms with E-state index < -0.39 is 12.0 Å². The van der Waals surface area contributed by atoms with Gasteiger partial charge in [0.15, 0.2) is 5.65 Å². The molecule has 2 heterocycles. The molecule has 0 amide bonds. The van der Waals surface area contributed by atoms with Crippen molar-refractivity contribution in [2.24, 2.45) is 0 Å². The van der Waals surface area contributed by atoms with Gasteiger partial charge in [-0.05, 0) is 36.8 Å². The zero-order chi connectivity index (χ0) is 16.6. The summed E-state index contributed by atoms with van der Waals surface area (Å²) in [6.07, 6.45) is -4.65. The standard InChI is InChI=1S/C14H11F4N5/c1-8(9-2-4-10(15)5-3-9)19-11-6-7-12-20-21-13(14(16,17)18)23(12)22-11/h2-8H,1H3,(H,19,22)/t8-/m1/s1. The van der Waals surface area contributed by atoms with E-state index in [1.165, 1.54) is 24.3 Å². The Hall–Kier alpha value is -2.71. The first-order chi connectivity index (χ1) is 10.8. The van der Waals surface area contributed by atoms with E-state index in [-0.39, 0.29) is 23.3 Å². The Morgan fingerprint density at radius 3 is 2.39 bits per heavy atom. The number of alkyl halides is 3. The lowest BCUT2D eigenvalue weighted by Crippen LogP contribution is -2.14. The summed E-state index contributed by atoms with van der Waals surface area (Å²) in [6.45, 7) is 1.79. The number of anilines is 1. The van der Waals surface area contributed by atoms with Gasteiger partial charge in [-0.25, -0.2) is 4.39 Å². The maximum atomic E-state index is 12.9. The van der Waals surface area contributed by atoms with Crippen molar-refractivity contribution in [3.8, 4) is 0 Å². The summed E-state index contributed by atoms with van der Waals surface area (Å²) in [5.41, 5.74) is 0.769. The fourth-order valence-corrected chi connectivity index (χ4v) is 2.10. The molecular formula is C14H11F4N5. The second kappa shape index (κ2) is 5.49. The first-order valence-electron chi connectivity index (χ1n) is 6.66. The van der Waals surface area contributed by atoms with E-state index in [0.717, 1.165) is 5.56 Å². The molecule has 120 valence electrons. The number of halogens is 4. The van der Waals surface area contributed by atoms with Crippen LogP contribution < -0.4 is 5.32 Å².